The molecule has 4 heteroatoms. The summed E-state index contributed by atoms with van der Waals surface area (Å²) >= 11 is 0. The van der Waals surface area contributed by atoms with Crippen molar-refractivity contribution in [2.24, 2.45) is 0 Å². The van der Waals surface area contributed by atoms with Gasteiger partial charge in [0.05, 0.1) is 20.3 Å². The Hall–Kier alpha value is -1.26. The molecule has 0 amide bonds. The van der Waals surface area contributed by atoms with Crippen LogP contribution in [0.4, 0.5) is 0 Å². The van der Waals surface area contributed by atoms with Crippen LogP contribution in [0.15, 0.2) is 18.2 Å². The highest BCUT2D eigenvalue weighted by Gasteiger charge is 2.15. The SMILES string of the molecule is CCCC(O)CN(Cc1cc(OC)cc(OC)c1)C(C)C. The summed E-state index contributed by atoms with van der Waals surface area (Å²) in [4.78, 5) is 2.27. The van der Waals surface area contributed by atoms with E-state index in [1.54, 1.807) is 14.2 Å². The summed E-state index contributed by atoms with van der Waals surface area (Å²) in [5, 5.41) is 10.1. The number of aliphatic hydroxyl groups excluding tert-OH is 1. The summed E-state index contributed by atoms with van der Waals surface area (Å²) in [5.41, 5.74) is 1.13. The molecule has 0 saturated carbocycles. The van der Waals surface area contributed by atoms with Crippen LogP contribution in [-0.4, -0.2) is 42.9 Å². The van der Waals surface area contributed by atoms with Crippen molar-refractivity contribution in [3.8, 4) is 11.5 Å². The monoisotopic (exact) mass is 295 g/mol. The Bertz CT molecular complexity index is 398. The van der Waals surface area contributed by atoms with Gasteiger partial charge in [0.25, 0.3) is 0 Å². The zero-order valence-electron chi connectivity index (χ0n) is 13.9. The minimum atomic E-state index is -0.273. The largest absolute Gasteiger partial charge is 0.497 e. The third-order valence-electron chi connectivity index (χ3n) is 3.59. The van der Waals surface area contributed by atoms with Crippen LogP contribution >= 0.6 is 0 Å². The fourth-order valence-corrected chi connectivity index (χ4v) is 2.35. The van der Waals surface area contributed by atoms with Crippen LogP contribution in [-0.2, 0) is 6.54 Å². The first kappa shape index (κ1) is 17.8. The van der Waals surface area contributed by atoms with Crippen LogP contribution in [0.3, 0.4) is 0 Å². The van der Waals surface area contributed by atoms with E-state index in [2.05, 4.69) is 25.7 Å². The minimum absolute atomic E-state index is 0.273. The van der Waals surface area contributed by atoms with Gasteiger partial charge in [-0.15, -0.1) is 0 Å². The molecule has 0 bridgehead atoms. The van der Waals surface area contributed by atoms with Gasteiger partial charge >= 0.3 is 0 Å². The summed E-state index contributed by atoms with van der Waals surface area (Å²) in [7, 11) is 3.31. The lowest BCUT2D eigenvalue weighted by atomic mass is 10.1. The van der Waals surface area contributed by atoms with E-state index in [-0.39, 0.29) is 6.10 Å². The van der Waals surface area contributed by atoms with Gasteiger partial charge in [0.15, 0.2) is 0 Å². The molecule has 1 atom stereocenters. The molecule has 1 aromatic carbocycles. The van der Waals surface area contributed by atoms with Crippen molar-refractivity contribution in [3.05, 3.63) is 23.8 Å². The molecule has 0 saturated heterocycles. The van der Waals surface area contributed by atoms with Crippen LogP contribution in [0.25, 0.3) is 0 Å². The summed E-state index contributed by atoms with van der Waals surface area (Å²) in [6, 6.07) is 6.28. The first-order chi connectivity index (χ1) is 9.99. The maximum absolute atomic E-state index is 10.1. The molecule has 0 aliphatic heterocycles. The molecule has 4 nitrogen and oxygen atoms in total. The maximum Gasteiger partial charge on any atom is 0.122 e. The molecular weight excluding hydrogens is 266 g/mol. The second kappa shape index (κ2) is 8.90. The topological polar surface area (TPSA) is 41.9 Å². The van der Waals surface area contributed by atoms with Crippen LogP contribution in [0.1, 0.15) is 39.2 Å². The van der Waals surface area contributed by atoms with Gasteiger partial charge in [-0.2, -0.15) is 0 Å². The average molecular weight is 295 g/mol. The molecule has 0 aliphatic rings. The fourth-order valence-electron chi connectivity index (χ4n) is 2.35. The van der Waals surface area contributed by atoms with Crippen molar-refractivity contribution in [3.63, 3.8) is 0 Å². The second-order valence-electron chi connectivity index (χ2n) is 5.69. The molecule has 0 aliphatic carbocycles. The molecule has 120 valence electrons. The third kappa shape index (κ3) is 5.94. The molecule has 21 heavy (non-hydrogen) atoms. The second-order valence-corrected chi connectivity index (χ2v) is 5.69. The highest BCUT2D eigenvalue weighted by molar-refractivity contribution is 5.38. The van der Waals surface area contributed by atoms with E-state index in [4.69, 9.17) is 9.47 Å². The molecule has 0 radical (unpaired) electrons. The first-order valence-corrected chi connectivity index (χ1v) is 7.64. The van der Waals surface area contributed by atoms with Crippen LogP contribution < -0.4 is 9.47 Å². The smallest absolute Gasteiger partial charge is 0.122 e. The third-order valence-corrected chi connectivity index (χ3v) is 3.59. The maximum atomic E-state index is 10.1. The van der Waals surface area contributed by atoms with Crippen LogP contribution in [0.5, 0.6) is 11.5 Å². The Balaban J connectivity index is 2.83. The van der Waals surface area contributed by atoms with Gasteiger partial charge in [0.1, 0.15) is 11.5 Å². The molecule has 1 N–H and O–H groups in total. The van der Waals surface area contributed by atoms with E-state index < -0.39 is 0 Å². The van der Waals surface area contributed by atoms with E-state index in [0.717, 1.165) is 36.4 Å². The highest BCUT2D eigenvalue weighted by Crippen LogP contribution is 2.24. The summed E-state index contributed by atoms with van der Waals surface area (Å²) < 4.78 is 10.6. The predicted octanol–water partition coefficient (Wildman–Crippen LogP) is 3.08. The van der Waals surface area contributed by atoms with Gasteiger partial charge < -0.3 is 14.6 Å². The number of benzene rings is 1. The quantitative estimate of drug-likeness (QED) is 0.760. The fraction of sp³-hybridized carbons (Fsp3) is 0.647. The number of rotatable bonds is 9. The standard InChI is InChI=1S/C17H29NO3/c1-6-7-15(19)12-18(13(2)3)11-14-8-16(20-4)10-17(9-14)21-5/h8-10,13,15,19H,6-7,11-12H2,1-5H3. The Kier molecular flexibility index (Phi) is 7.54. The van der Waals surface area contributed by atoms with Gasteiger partial charge in [0, 0.05) is 25.2 Å². The minimum Gasteiger partial charge on any atom is -0.497 e. The number of hydrogen-bond donors (Lipinski definition) is 1. The Morgan fingerprint density at radius 2 is 1.67 bits per heavy atom. The van der Waals surface area contributed by atoms with Crippen molar-refractivity contribution in [1.82, 2.24) is 4.90 Å². The number of nitrogens with zero attached hydrogens (tertiary/aromatic N) is 1. The molecule has 0 fully saturated rings. The molecule has 1 aromatic rings. The van der Waals surface area contributed by atoms with E-state index in [1.807, 2.05) is 18.2 Å². The lowest BCUT2D eigenvalue weighted by molar-refractivity contribution is 0.0842. The highest BCUT2D eigenvalue weighted by atomic mass is 16.5. The zero-order chi connectivity index (χ0) is 15.8. The van der Waals surface area contributed by atoms with Gasteiger partial charge in [-0.25, -0.2) is 0 Å². The number of methoxy groups -OCH3 is 2. The number of hydrogen-bond acceptors (Lipinski definition) is 4. The van der Waals surface area contributed by atoms with Gasteiger partial charge in [-0.3, -0.25) is 4.90 Å². The molecule has 0 aromatic heterocycles. The molecule has 1 rings (SSSR count). The zero-order valence-corrected chi connectivity index (χ0v) is 13.9. The van der Waals surface area contributed by atoms with Crippen molar-refractivity contribution < 1.29 is 14.6 Å². The Labute approximate surface area is 128 Å². The number of ether oxygens (including phenoxy) is 2. The van der Waals surface area contributed by atoms with E-state index in [0.29, 0.717) is 12.6 Å². The Morgan fingerprint density at radius 3 is 2.10 bits per heavy atom. The van der Waals surface area contributed by atoms with Gasteiger partial charge in [-0.1, -0.05) is 13.3 Å². The first-order valence-electron chi connectivity index (χ1n) is 7.64. The van der Waals surface area contributed by atoms with E-state index in [9.17, 15) is 5.11 Å². The van der Waals surface area contributed by atoms with Crippen LogP contribution in [0, 0.1) is 0 Å². The molecule has 1 unspecified atom stereocenters. The molecule has 0 spiro atoms. The summed E-state index contributed by atoms with van der Waals surface area (Å²) in [6.45, 7) is 7.85. The average Bonchev–Trinajstić information content (AvgIpc) is 2.46. The molecule has 0 heterocycles. The molecular formula is C17H29NO3. The van der Waals surface area contributed by atoms with Crippen molar-refractivity contribution in [2.75, 3.05) is 20.8 Å². The normalized spacial score (nSPS) is 12.8. The number of aliphatic hydroxyl groups is 1. The van der Waals surface area contributed by atoms with Gasteiger partial charge in [-0.05, 0) is 38.0 Å². The lowest BCUT2D eigenvalue weighted by Gasteiger charge is -2.29. The van der Waals surface area contributed by atoms with Crippen molar-refractivity contribution >= 4 is 0 Å². The van der Waals surface area contributed by atoms with Crippen molar-refractivity contribution in [2.45, 2.75) is 52.3 Å². The Morgan fingerprint density at radius 1 is 1.10 bits per heavy atom. The van der Waals surface area contributed by atoms with Gasteiger partial charge in [0.2, 0.25) is 0 Å². The summed E-state index contributed by atoms with van der Waals surface area (Å²) in [5.74, 6) is 1.59. The lowest BCUT2D eigenvalue weighted by Crippen LogP contribution is -2.37. The predicted molar refractivity (Wildman–Crippen MR) is 86.0 cm³/mol. The van der Waals surface area contributed by atoms with E-state index >= 15 is 0 Å². The van der Waals surface area contributed by atoms with Crippen LogP contribution in [0.2, 0.25) is 0 Å². The van der Waals surface area contributed by atoms with Crippen molar-refractivity contribution in [1.29, 1.82) is 0 Å². The summed E-state index contributed by atoms with van der Waals surface area (Å²) in [6.07, 6.45) is 1.56. The van der Waals surface area contributed by atoms with E-state index in [1.165, 1.54) is 0 Å².